The molecule has 2 aliphatic rings. The number of rotatable bonds is 6. The summed E-state index contributed by atoms with van der Waals surface area (Å²) in [6, 6.07) is 0. The van der Waals surface area contributed by atoms with Crippen molar-refractivity contribution in [2.45, 2.75) is 69.9 Å². The van der Waals surface area contributed by atoms with Crippen molar-refractivity contribution < 1.29 is 19.3 Å². The average molecular weight is 298 g/mol. The number of ether oxygens (including phenoxy) is 3. The van der Waals surface area contributed by atoms with Gasteiger partial charge in [-0.3, -0.25) is 0 Å². The average Bonchev–Trinajstić information content (AvgIpc) is 3.17. The highest BCUT2D eigenvalue weighted by Gasteiger charge is 2.63. The Kier molecular flexibility index (Phi) is 5.14. The van der Waals surface area contributed by atoms with Gasteiger partial charge in [0.25, 0.3) is 0 Å². The summed E-state index contributed by atoms with van der Waals surface area (Å²) < 4.78 is 17.1. The Morgan fingerprint density at radius 3 is 2.52 bits per heavy atom. The highest BCUT2D eigenvalue weighted by Crippen LogP contribution is 2.52. The van der Waals surface area contributed by atoms with E-state index in [2.05, 4.69) is 19.9 Å². The minimum atomic E-state index is -0.819. The van der Waals surface area contributed by atoms with Crippen LogP contribution in [0.5, 0.6) is 0 Å². The summed E-state index contributed by atoms with van der Waals surface area (Å²) in [5.74, 6) is -0.0423. The number of hydrogen-bond donors (Lipinski definition) is 1. The van der Waals surface area contributed by atoms with Crippen molar-refractivity contribution in [1.82, 2.24) is 0 Å². The van der Waals surface area contributed by atoms with Crippen molar-refractivity contribution in [3.63, 3.8) is 0 Å². The van der Waals surface area contributed by atoms with Gasteiger partial charge in [-0.05, 0) is 46.5 Å². The molecule has 21 heavy (non-hydrogen) atoms. The zero-order valence-electron chi connectivity index (χ0n) is 14.0. The summed E-state index contributed by atoms with van der Waals surface area (Å²) in [4.78, 5) is 0. The Morgan fingerprint density at radius 1 is 1.38 bits per heavy atom. The molecule has 0 amide bonds. The van der Waals surface area contributed by atoms with Crippen molar-refractivity contribution >= 4 is 0 Å². The second-order valence-corrected chi connectivity index (χ2v) is 7.02. The Hall–Kier alpha value is -0.420. The molecule has 4 heteroatoms. The first-order valence-corrected chi connectivity index (χ1v) is 7.91. The lowest BCUT2D eigenvalue weighted by atomic mass is 9.66. The SMILES string of the molecule is COC1CCC2(CO2)C(C(C)(O)CCC=C(C)C)C1OC. The van der Waals surface area contributed by atoms with E-state index in [1.807, 2.05) is 6.92 Å². The summed E-state index contributed by atoms with van der Waals surface area (Å²) in [7, 11) is 3.43. The number of aliphatic hydroxyl groups is 1. The second kappa shape index (κ2) is 6.37. The number of allylic oxidation sites excluding steroid dienone is 2. The molecule has 1 aliphatic carbocycles. The van der Waals surface area contributed by atoms with Crippen LogP contribution in [0.25, 0.3) is 0 Å². The molecule has 4 nitrogen and oxygen atoms in total. The molecule has 2 fully saturated rings. The predicted octanol–water partition coefficient (Wildman–Crippen LogP) is 2.69. The van der Waals surface area contributed by atoms with E-state index in [1.165, 1.54) is 5.57 Å². The molecule has 0 bridgehead atoms. The van der Waals surface area contributed by atoms with Gasteiger partial charge in [0.05, 0.1) is 30.0 Å². The normalized spacial score (nSPS) is 38.1. The van der Waals surface area contributed by atoms with Crippen LogP contribution in [0.2, 0.25) is 0 Å². The van der Waals surface area contributed by atoms with E-state index in [9.17, 15) is 5.11 Å². The van der Waals surface area contributed by atoms with Crippen molar-refractivity contribution in [2.24, 2.45) is 5.92 Å². The van der Waals surface area contributed by atoms with Crippen molar-refractivity contribution in [1.29, 1.82) is 0 Å². The van der Waals surface area contributed by atoms with Crippen molar-refractivity contribution in [3.8, 4) is 0 Å². The van der Waals surface area contributed by atoms with Gasteiger partial charge in [0, 0.05) is 20.1 Å². The zero-order valence-corrected chi connectivity index (χ0v) is 14.0. The van der Waals surface area contributed by atoms with Gasteiger partial charge in [-0.2, -0.15) is 0 Å². The minimum Gasteiger partial charge on any atom is -0.390 e. The predicted molar refractivity (Wildman–Crippen MR) is 82.3 cm³/mol. The lowest BCUT2D eigenvalue weighted by Crippen LogP contribution is -2.58. The summed E-state index contributed by atoms with van der Waals surface area (Å²) in [6.07, 6.45) is 5.54. The van der Waals surface area contributed by atoms with Crippen LogP contribution in [-0.4, -0.2) is 49.3 Å². The Morgan fingerprint density at radius 2 is 2.05 bits per heavy atom. The Bertz CT molecular complexity index is 380. The molecule has 1 aliphatic heterocycles. The molecular weight excluding hydrogens is 268 g/mol. The molecular formula is C17H30O4. The molecule has 1 N–H and O–H groups in total. The van der Waals surface area contributed by atoms with Crippen LogP contribution in [0.4, 0.5) is 0 Å². The smallest absolute Gasteiger partial charge is 0.0998 e. The second-order valence-electron chi connectivity index (χ2n) is 7.02. The van der Waals surface area contributed by atoms with Gasteiger partial charge in [0.2, 0.25) is 0 Å². The van der Waals surface area contributed by atoms with Crippen molar-refractivity contribution in [2.75, 3.05) is 20.8 Å². The fourth-order valence-electron chi connectivity index (χ4n) is 3.91. The fraction of sp³-hybridized carbons (Fsp3) is 0.882. The van der Waals surface area contributed by atoms with E-state index in [0.29, 0.717) is 6.42 Å². The van der Waals surface area contributed by atoms with Gasteiger partial charge in [-0.15, -0.1) is 0 Å². The van der Waals surface area contributed by atoms with E-state index in [0.717, 1.165) is 25.9 Å². The van der Waals surface area contributed by atoms with E-state index >= 15 is 0 Å². The number of hydrogen-bond acceptors (Lipinski definition) is 4. The highest BCUT2D eigenvalue weighted by molar-refractivity contribution is 5.13. The third-order valence-corrected chi connectivity index (χ3v) is 5.08. The summed E-state index contributed by atoms with van der Waals surface area (Å²) >= 11 is 0. The first-order chi connectivity index (χ1) is 9.86. The monoisotopic (exact) mass is 298 g/mol. The molecule has 1 saturated carbocycles. The first kappa shape index (κ1) is 16.9. The quantitative estimate of drug-likeness (QED) is 0.605. The molecule has 122 valence electrons. The van der Waals surface area contributed by atoms with Crippen LogP contribution in [0.15, 0.2) is 11.6 Å². The van der Waals surface area contributed by atoms with Crippen molar-refractivity contribution in [3.05, 3.63) is 11.6 Å². The first-order valence-electron chi connectivity index (χ1n) is 7.91. The fourth-order valence-corrected chi connectivity index (χ4v) is 3.91. The van der Waals surface area contributed by atoms with E-state index < -0.39 is 5.60 Å². The Labute approximate surface area is 128 Å². The van der Waals surface area contributed by atoms with E-state index in [1.54, 1.807) is 14.2 Å². The van der Waals surface area contributed by atoms with Gasteiger partial charge in [-0.25, -0.2) is 0 Å². The van der Waals surface area contributed by atoms with Gasteiger partial charge in [0.15, 0.2) is 0 Å². The molecule has 1 spiro atoms. The van der Waals surface area contributed by atoms with Crippen LogP contribution >= 0.6 is 0 Å². The van der Waals surface area contributed by atoms with E-state index in [4.69, 9.17) is 14.2 Å². The van der Waals surface area contributed by atoms with Crippen LogP contribution < -0.4 is 0 Å². The number of methoxy groups -OCH3 is 2. The number of epoxide rings is 1. The topological polar surface area (TPSA) is 51.2 Å². The molecule has 2 rings (SSSR count). The lowest BCUT2D eigenvalue weighted by molar-refractivity contribution is -0.171. The van der Waals surface area contributed by atoms with E-state index in [-0.39, 0.29) is 23.7 Å². The van der Waals surface area contributed by atoms with Gasteiger partial charge in [0.1, 0.15) is 0 Å². The van der Waals surface area contributed by atoms with Crippen LogP contribution in [0.3, 0.4) is 0 Å². The molecule has 1 saturated heterocycles. The van der Waals surface area contributed by atoms with Crippen LogP contribution in [0.1, 0.15) is 46.5 Å². The third-order valence-electron chi connectivity index (χ3n) is 5.08. The standard InChI is InChI=1S/C17H30O4/c1-12(2)7-6-9-16(3,18)15-14(20-5)13(19-4)8-10-17(15)11-21-17/h7,13-15,18H,6,8-11H2,1-5H3. The maximum absolute atomic E-state index is 11.1. The maximum Gasteiger partial charge on any atom is 0.0998 e. The molecule has 0 radical (unpaired) electrons. The lowest BCUT2D eigenvalue weighted by Gasteiger charge is -2.47. The highest BCUT2D eigenvalue weighted by atomic mass is 16.6. The molecule has 5 atom stereocenters. The molecule has 0 aromatic rings. The molecule has 1 heterocycles. The maximum atomic E-state index is 11.1. The third kappa shape index (κ3) is 3.50. The minimum absolute atomic E-state index is 0.0322. The molecule has 0 aromatic heterocycles. The van der Waals surface area contributed by atoms with Gasteiger partial charge in [-0.1, -0.05) is 11.6 Å². The van der Waals surface area contributed by atoms with Crippen LogP contribution in [0, 0.1) is 5.92 Å². The molecule has 0 aromatic carbocycles. The summed E-state index contributed by atoms with van der Waals surface area (Å²) in [6.45, 7) is 6.82. The summed E-state index contributed by atoms with van der Waals surface area (Å²) in [5.41, 5.74) is 0.259. The zero-order chi connectivity index (χ0) is 15.7. The molecule has 5 unspecified atom stereocenters. The Balaban J connectivity index is 2.17. The summed E-state index contributed by atoms with van der Waals surface area (Å²) in [5, 5.41) is 11.1. The van der Waals surface area contributed by atoms with Crippen LogP contribution in [-0.2, 0) is 14.2 Å². The largest absolute Gasteiger partial charge is 0.390 e. The van der Waals surface area contributed by atoms with Gasteiger partial charge < -0.3 is 19.3 Å². The van der Waals surface area contributed by atoms with Gasteiger partial charge >= 0.3 is 0 Å².